The van der Waals surface area contributed by atoms with Crippen molar-refractivity contribution >= 4 is 119 Å². The first kappa shape index (κ1) is 89.1. The molecule has 18 heteroatoms. The van der Waals surface area contributed by atoms with Gasteiger partial charge in [-0.2, -0.15) is 15.8 Å². The van der Waals surface area contributed by atoms with Gasteiger partial charge >= 0.3 is 7.60 Å². The molecule has 13 aromatic rings. The number of benzene rings is 13. The number of nitriles is 3. The number of anilines is 9. The molecule has 16 nitrogen and oxygen atoms in total. The van der Waals surface area contributed by atoms with E-state index < -0.39 is 21.6 Å². The smallest absolute Gasteiger partial charge is 0.335 e. The molecule has 0 bridgehead atoms. The third-order valence-corrected chi connectivity index (χ3v) is 26.2. The monoisotopic (exact) mass is 1700 g/mol. The fraction of sp³-hybridized carbons (Fsp3) is 0.241. The normalized spacial score (nSPS) is 12.9. The molecule has 0 N–H and O–H groups in total. The Morgan fingerprint density at radius 2 is 0.770 bits per heavy atom. The van der Waals surface area contributed by atoms with Crippen molar-refractivity contribution < 1.29 is 41.9 Å². The van der Waals surface area contributed by atoms with Crippen molar-refractivity contribution in [2.24, 2.45) is 0 Å². The fourth-order valence-electron chi connectivity index (χ4n) is 17.4. The van der Waals surface area contributed by atoms with Gasteiger partial charge in [0.2, 0.25) is 14.1 Å². The zero-order chi connectivity index (χ0) is 88.1. The number of nitrogens with zero attached hydrogens (tertiary/aromatic N) is 7. The SMILES string of the molecule is CCOC(OCC)(P=O)c1ccc2c(C#N)c(CP(=O)(OCC)OCC)ccc2c1C#N.COc1ccc(N(c2ccc(C)cc2)c2cccc3c2CCCC3)cc1.[C-]#[N+]c1c(C=Cc2ccc(N(c3ccc(OC)cc3)c3cccc4c3CCCC4)cc2)ccc2c(C#N)c(C=Cc3ccc(N(c4ccc(OC)cc4)c4cccc5c4CCCC5)cc3)ccc12. The summed E-state index contributed by atoms with van der Waals surface area (Å²) in [6.45, 7) is 18.1. The van der Waals surface area contributed by atoms with E-state index in [0.29, 0.717) is 33.2 Å². The molecule has 126 heavy (non-hydrogen) atoms. The van der Waals surface area contributed by atoms with E-state index in [1.165, 1.54) is 107 Å². The summed E-state index contributed by atoms with van der Waals surface area (Å²) in [5, 5.41) is 32.8. The van der Waals surface area contributed by atoms with E-state index in [4.69, 9.17) is 39.3 Å². The highest BCUT2D eigenvalue weighted by Crippen LogP contribution is 2.53. The molecule has 0 atom stereocenters. The number of rotatable bonds is 28. The lowest BCUT2D eigenvalue weighted by molar-refractivity contribution is -0.176. The van der Waals surface area contributed by atoms with Crippen LogP contribution in [0.3, 0.4) is 0 Å². The summed E-state index contributed by atoms with van der Waals surface area (Å²) in [6.07, 6.45) is 22.1. The number of methoxy groups -OCH3 is 3. The van der Waals surface area contributed by atoms with Crippen molar-refractivity contribution in [2.75, 3.05) is 62.5 Å². The molecule has 0 heterocycles. The van der Waals surface area contributed by atoms with Crippen LogP contribution < -0.4 is 28.9 Å². The Bertz CT molecular complexity index is 6110. The number of aryl methyl sites for hydroxylation is 4. The van der Waals surface area contributed by atoms with Gasteiger partial charge in [0.25, 0.3) is 5.53 Å². The minimum atomic E-state index is -3.44. The van der Waals surface area contributed by atoms with Gasteiger partial charge in [-0.1, -0.05) is 151 Å². The maximum Gasteiger partial charge on any atom is 0.335 e. The highest BCUT2D eigenvalue weighted by molar-refractivity contribution is 7.53. The zero-order valence-electron chi connectivity index (χ0n) is 72.7. The number of hydrogen-bond donors (Lipinski definition) is 0. The van der Waals surface area contributed by atoms with E-state index in [2.05, 4.69) is 221 Å². The van der Waals surface area contributed by atoms with Crippen LogP contribution >= 0.6 is 16.1 Å². The average molecular weight is 1700 g/mol. The van der Waals surface area contributed by atoms with Crippen molar-refractivity contribution in [2.45, 2.75) is 123 Å². The van der Waals surface area contributed by atoms with Crippen molar-refractivity contribution in [1.29, 1.82) is 15.8 Å². The molecule has 0 saturated heterocycles. The minimum absolute atomic E-state index is 0.0713. The van der Waals surface area contributed by atoms with Gasteiger partial charge in [0.05, 0.1) is 64.0 Å². The summed E-state index contributed by atoms with van der Waals surface area (Å²) >= 11 is 0. The summed E-state index contributed by atoms with van der Waals surface area (Å²) in [4.78, 5) is 11.1. The second kappa shape index (κ2) is 42.0. The molecule has 16 rings (SSSR count). The van der Waals surface area contributed by atoms with Gasteiger partial charge in [0.1, 0.15) is 35.5 Å². The lowest BCUT2D eigenvalue weighted by Gasteiger charge is -2.30. The average Bonchev–Trinajstić information content (AvgIpc) is 0.763. The van der Waals surface area contributed by atoms with E-state index in [-0.39, 0.29) is 43.7 Å². The van der Waals surface area contributed by atoms with Crippen LogP contribution in [0.25, 0.3) is 50.7 Å². The van der Waals surface area contributed by atoms with Crippen LogP contribution in [0.2, 0.25) is 0 Å². The Balaban J connectivity index is 0.000000182. The fourth-order valence-corrected chi connectivity index (χ4v) is 19.8. The maximum absolute atomic E-state index is 13.0. The molecule has 0 amide bonds. The van der Waals surface area contributed by atoms with E-state index in [1.807, 2.05) is 72.8 Å². The zero-order valence-corrected chi connectivity index (χ0v) is 74.5. The Morgan fingerprint density at radius 1 is 0.413 bits per heavy atom. The lowest BCUT2D eigenvalue weighted by atomic mass is 9.90. The van der Waals surface area contributed by atoms with Gasteiger partial charge in [-0.3, -0.25) is 9.13 Å². The third-order valence-electron chi connectivity index (χ3n) is 23.5. The summed E-state index contributed by atoms with van der Waals surface area (Å²) in [5.41, 5.74) is 24.7. The molecule has 0 aliphatic heterocycles. The molecule has 0 radical (unpaired) electrons. The molecule has 634 valence electrons. The van der Waals surface area contributed by atoms with Gasteiger partial charge in [-0.15, -0.1) is 0 Å². The molecule has 0 spiro atoms. The van der Waals surface area contributed by atoms with Crippen LogP contribution in [0.15, 0.2) is 249 Å². The predicted octanol–water partition coefficient (Wildman–Crippen LogP) is 28.5. The Morgan fingerprint density at radius 3 is 1.16 bits per heavy atom. The van der Waals surface area contributed by atoms with Gasteiger partial charge < -0.3 is 47.4 Å². The number of hydrogen-bond acceptors (Lipinski definition) is 15. The molecule has 3 aliphatic carbocycles. The molecule has 3 aliphatic rings. The Labute approximate surface area is 742 Å². The van der Waals surface area contributed by atoms with Crippen molar-refractivity contribution in [3.05, 3.63) is 349 Å². The van der Waals surface area contributed by atoms with Crippen LogP contribution in [-0.2, 0) is 77.9 Å². The van der Waals surface area contributed by atoms with E-state index >= 15 is 0 Å². The molecular weight excluding hydrogens is 1600 g/mol. The second-order valence-corrected chi connectivity index (χ2v) is 33.9. The first-order valence-corrected chi connectivity index (χ1v) is 45.8. The molecule has 0 saturated carbocycles. The highest BCUT2D eigenvalue weighted by Gasteiger charge is 2.39. The maximum atomic E-state index is 13.0. The van der Waals surface area contributed by atoms with Gasteiger partial charge in [-0.25, -0.2) is 4.85 Å². The van der Waals surface area contributed by atoms with Gasteiger partial charge in [0.15, 0.2) is 0 Å². The van der Waals surface area contributed by atoms with Crippen molar-refractivity contribution in [3.63, 3.8) is 0 Å². The van der Waals surface area contributed by atoms with E-state index in [1.54, 1.807) is 73.3 Å². The van der Waals surface area contributed by atoms with Crippen LogP contribution in [-0.4, -0.2) is 47.8 Å². The summed E-state index contributed by atoms with van der Waals surface area (Å²) < 4.78 is 63.5. The van der Waals surface area contributed by atoms with Crippen LogP contribution in [0.5, 0.6) is 17.2 Å². The lowest BCUT2D eigenvalue weighted by Crippen LogP contribution is -2.28. The molecule has 0 unspecified atom stereocenters. The topological polar surface area (TPSA) is 184 Å². The second-order valence-electron chi connectivity index (χ2n) is 31.1. The van der Waals surface area contributed by atoms with Crippen molar-refractivity contribution in [3.8, 4) is 35.5 Å². The van der Waals surface area contributed by atoms with E-state index in [0.717, 1.165) is 111 Å². The number of fused-ring (bicyclic) bond motifs is 5. The summed E-state index contributed by atoms with van der Waals surface area (Å²) in [6, 6.07) is 92.1. The quantitative estimate of drug-likeness (QED) is 0.0195. The van der Waals surface area contributed by atoms with E-state index in [9.17, 15) is 24.9 Å². The third kappa shape index (κ3) is 19.8. The summed E-state index contributed by atoms with van der Waals surface area (Å²) in [5.74, 6) is 2.53. The van der Waals surface area contributed by atoms with Crippen LogP contribution in [0.1, 0.15) is 155 Å². The van der Waals surface area contributed by atoms with Crippen molar-refractivity contribution in [1.82, 2.24) is 0 Å². The standard InChI is InChI=1S/C62H52N4O2.C24H25NO.C22H26N2O6P2/c1-64-62-48(25-19-44-22-30-50(31-23-44)66(52-34-38-54(68-3)39-35-52)61-17-9-13-46-11-5-7-15-56(46)61)27-40-57-58(62)41-26-47(59(57)42-63)24-18-43-20-28-49(29-21-43)65(51-32-36-53(67-2)37-33-51)60-16-8-12-45-10-4-6-14-55(45)60;1-18-10-12-20(13-11-18)25(21-14-16-22(26-2)17-15-21)24-9-5-7-19-6-3-4-8-23(19)24;1-5-27-22(31-25,28-6-2)21-12-11-17-18(20(21)14-24)10-9-16(19(17)13-23)15-32(26,29-7-3)30-8-4/h8-9,12-13,16-41H,4-7,10-11,14-15H2,2-3H3;5,7,9-17H,3-4,6,8H2,1-2H3;9-12H,5-8,15H2,1-4H3. The Hall–Kier alpha value is -13.2. The van der Waals surface area contributed by atoms with Crippen LogP contribution in [0.4, 0.5) is 56.9 Å². The molecule has 13 aromatic carbocycles. The molecule has 0 aromatic heterocycles. The molecule has 0 fully saturated rings. The first-order valence-electron chi connectivity index (χ1n) is 43.2. The van der Waals surface area contributed by atoms with Gasteiger partial charge in [-0.05, 0) is 311 Å². The Kier molecular flexibility index (Phi) is 29.7. The van der Waals surface area contributed by atoms with Crippen LogP contribution in [0, 0.1) is 47.5 Å². The highest BCUT2D eigenvalue weighted by atomic mass is 31.2. The minimum Gasteiger partial charge on any atom is -0.497 e. The molecular formula is C108H103N7O9P2. The largest absolute Gasteiger partial charge is 0.497 e. The number of ether oxygens (including phenoxy) is 5. The predicted molar refractivity (Wildman–Crippen MR) is 511 cm³/mol. The van der Waals surface area contributed by atoms with Gasteiger partial charge in [0, 0.05) is 80.7 Å². The first-order chi connectivity index (χ1) is 61.7. The summed E-state index contributed by atoms with van der Waals surface area (Å²) in [7, 11) is 1.21.